The van der Waals surface area contributed by atoms with E-state index in [0.717, 1.165) is 37.0 Å². The van der Waals surface area contributed by atoms with Crippen LogP contribution in [0.3, 0.4) is 0 Å². The summed E-state index contributed by atoms with van der Waals surface area (Å²) in [6.45, 7) is 1.64. The van der Waals surface area contributed by atoms with Crippen LogP contribution in [-0.2, 0) is 16.3 Å². The Balaban J connectivity index is 1.86. The maximum Gasteiger partial charge on any atom is 0.162 e. The Bertz CT molecular complexity index is 653. The largest absolute Gasteiger partial charge is 0.485 e. The highest BCUT2D eigenvalue weighted by molar-refractivity contribution is 7.91. The monoisotopic (exact) mass is 327 g/mol. The number of rotatable bonds is 4. The lowest BCUT2D eigenvalue weighted by atomic mass is 9.84. The van der Waals surface area contributed by atoms with Gasteiger partial charge in [0.25, 0.3) is 0 Å². The molecule has 1 aromatic rings. The molecule has 1 aliphatic heterocycles. The second kappa shape index (κ2) is 5.81. The first kappa shape index (κ1) is 15.7. The summed E-state index contributed by atoms with van der Waals surface area (Å²) < 4.78 is 43.2. The first-order chi connectivity index (χ1) is 10.4. The van der Waals surface area contributed by atoms with Crippen LogP contribution in [0.1, 0.15) is 38.2 Å². The first-order valence-electron chi connectivity index (χ1n) is 7.85. The van der Waals surface area contributed by atoms with Gasteiger partial charge in [-0.2, -0.15) is 0 Å². The van der Waals surface area contributed by atoms with Crippen LogP contribution in [-0.4, -0.2) is 31.7 Å². The molecule has 1 aromatic carbocycles. The van der Waals surface area contributed by atoms with Crippen LogP contribution < -0.4 is 10.1 Å². The molecule has 1 heterocycles. The topological polar surface area (TPSA) is 55.4 Å². The average molecular weight is 327 g/mol. The van der Waals surface area contributed by atoms with Gasteiger partial charge in [-0.3, -0.25) is 5.32 Å². The summed E-state index contributed by atoms with van der Waals surface area (Å²) in [4.78, 5) is 0. The van der Waals surface area contributed by atoms with Gasteiger partial charge in [-0.25, -0.2) is 12.8 Å². The molecule has 1 N–H and O–H groups in total. The number of benzene rings is 1. The SMILES string of the molecule is CCS(=O)(=O)CNC1Cc2cc(F)ccc2OC12CCCC2. The maximum absolute atomic E-state index is 13.4. The highest BCUT2D eigenvalue weighted by Crippen LogP contribution is 2.43. The summed E-state index contributed by atoms with van der Waals surface area (Å²) in [7, 11) is -3.09. The molecule has 2 aliphatic rings. The van der Waals surface area contributed by atoms with Crippen molar-refractivity contribution in [2.24, 2.45) is 0 Å². The number of hydrogen-bond acceptors (Lipinski definition) is 4. The van der Waals surface area contributed by atoms with Crippen LogP contribution >= 0.6 is 0 Å². The zero-order valence-corrected chi connectivity index (χ0v) is 13.6. The summed E-state index contributed by atoms with van der Waals surface area (Å²) >= 11 is 0. The highest BCUT2D eigenvalue weighted by Gasteiger charge is 2.46. The molecule has 3 rings (SSSR count). The molecule has 1 spiro atoms. The van der Waals surface area contributed by atoms with Crippen molar-refractivity contribution in [2.45, 2.75) is 50.7 Å². The minimum absolute atomic E-state index is 0.0517. The molecule has 4 nitrogen and oxygen atoms in total. The third-order valence-corrected chi connectivity index (χ3v) is 6.32. The fraction of sp³-hybridized carbons (Fsp3) is 0.625. The van der Waals surface area contributed by atoms with Crippen molar-refractivity contribution in [1.82, 2.24) is 5.32 Å². The molecule has 1 unspecified atom stereocenters. The van der Waals surface area contributed by atoms with Crippen molar-refractivity contribution < 1.29 is 17.5 Å². The smallest absolute Gasteiger partial charge is 0.162 e. The summed E-state index contributed by atoms with van der Waals surface area (Å²) in [6.07, 6.45) is 4.58. The number of sulfone groups is 1. The van der Waals surface area contributed by atoms with Crippen LogP contribution in [0.5, 0.6) is 5.75 Å². The Morgan fingerprint density at radius 2 is 2.09 bits per heavy atom. The van der Waals surface area contributed by atoms with E-state index >= 15 is 0 Å². The van der Waals surface area contributed by atoms with Crippen LogP contribution in [0.4, 0.5) is 4.39 Å². The Hall–Kier alpha value is -1.14. The number of nitrogens with one attached hydrogen (secondary N) is 1. The van der Waals surface area contributed by atoms with E-state index in [1.807, 2.05) is 0 Å². The van der Waals surface area contributed by atoms with E-state index in [4.69, 9.17) is 4.74 Å². The van der Waals surface area contributed by atoms with Crippen LogP contribution in [0, 0.1) is 5.82 Å². The highest BCUT2D eigenvalue weighted by atomic mass is 32.2. The van der Waals surface area contributed by atoms with Gasteiger partial charge in [-0.15, -0.1) is 0 Å². The van der Waals surface area contributed by atoms with Crippen molar-refractivity contribution in [3.05, 3.63) is 29.6 Å². The first-order valence-corrected chi connectivity index (χ1v) is 9.67. The summed E-state index contributed by atoms with van der Waals surface area (Å²) in [6, 6.07) is 4.49. The van der Waals surface area contributed by atoms with Crippen molar-refractivity contribution in [2.75, 3.05) is 11.6 Å². The van der Waals surface area contributed by atoms with E-state index in [1.165, 1.54) is 12.1 Å². The second-order valence-electron chi connectivity index (χ2n) is 6.26. The van der Waals surface area contributed by atoms with Crippen molar-refractivity contribution >= 4 is 9.84 Å². The fourth-order valence-corrected chi connectivity index (χ4v) is 4.17. The second-order valence-corrected chi connectivity index (χ2v) is 8.62. The fourth-order valence-electron chi connectivity index (χ4n) is 3.51. The molecule has 0 bridgehead atoms. The third kappa shape index (κ3) is 2.99. The number of ether oxygens (including phenoxy) is 1. The van der Waals surface area contributed by atoms with Gasteiger partial charge in [0, 0.05) is 5.75 Å². The molecular formula is C16H22FNO3S. The molecule has 0 amide bonds. The Labute approximate surface area is 131 Å². The third-order valence-electron chi connectivity index (χ3n) is 4.83. The maximum atomic E-state index is 13.4. The zero-order chi connectivity index (χ0) is 15.8. The zero-order valence-electron chi connectivity index (χ0n) is 12.8. The molecule has 0 saturated heterocycles. The molecule has 1 aliphatic carbocycles. The van der Waals surface area contributed by atoms with Gasteiger partial charge in [-0.1, -0.05) is 6.92 Å². The molecule has 1 saturated carbocycles. The minimum Gasteiger partial charge on any atom is -0.485 e. The van der Waals surface area contributed by atoms with Crippen LogP contribution in [0.2, 0.25) is 0 Å². The van der Waals surface area contributed by atoms with Gasteiger partial charge in [0.2, 0.25) is 0 Å². The number of hydrogen-bond donors (Lipinski definition) is 1. The Morgan fingerprint density at radius 3 is 2.77 bits per heavy atom. The van der Waals surface area contributed by atoms with E-state index in [1.54, 1.807) is 13.0 Å². The predicted octanol–water partition coefficient (Wildman–Crippen LogP) is 2.42. The molecule has 6 heteroatoms. The quantitative estimate of drug-likeness (QED) is 0.923. The normalized spacial score (nSPS) is 23.3. The lowest BCUT2D eigenvalue weighted by molar-refractivity contribution is 0.0215. The van der Waals surface area contributed by atoms with Gasteiger partial charge in [0.05, 0.1) is 11.9 Å². The van der Waals surface area contributed by atoms with E-state index in [0.29, 0.717) is 6.42 Å². The van der Waals surface area contributed by atoms with Crippen LogP contribution in [0.15, 0.2) is 18.2 Å². The van der Waals surface area contributed by atoms with E-state index in [9.17, 15) is 12.8 Å². The molecule has 0 radical (unpaired) electrons. The number of halogens is 1. The molecule has 0 aromatic heterocycles. The molecular weight excluding hydrogens is 305 g/mol. The van der Waals surface area contributed by atoms with Crippen molar-refractivity contribution in [3.8, 4) is 5.75 Å². The van der Waals surface area contributed by atoms with E-state index in [2.05, 4.69) is 5.32 Å². The predicted molar refractivity (Wildman–Crippen MR) is 83.2 cm³/mol. The standard InChI is InChI=1S/C16H22FNO3S/c1-2-22(19,20)11-18-15-10-12-9-13(17)5-6-14(12)21-16(15)7-3-4-8-16/h5-6,9,15,18H,2-4,7-8,10-11H2,1H3. The average Bonchev–Trinajstić information content (AvgIpc) is 2.95. The Kier molecular flexibility index (Phi) is 4.16. The summed E-state index contributed by atoms with van der Waals surface area (Å²) in [5, 5.41) is 3.17. The van der Waals surface area contributed by atoms with Gasteiger partial charge in [0.15, 0.2) is 9.84 Å². The van der Waals surface area contributed by atoms with Gasteiger partial charge in [0.1, 0.15) is 17.2 Å². The molecule has 22 heavy (non-hydrogen) atoms. The molecule has 1 atom stereocenters. The summed E-state index contributed by atoms with van der Waals surface area (Å²) in [5.74, 6) is 0.514. The lowest BCUT2D eigenvalue weighted by Crippen LogP contribution is -2.57. The summed E-state index contributed by atoms with van der Waals surface area (Å²) in [5.41, 5.74) is 0.456. The van der Waals surface area contributed by atoms with Gasteiger partial charge >= 0.3 is 0 Å². The molecule has 1 fully saturated rings. The Morgan fingerprint density at radius 1 is 1.36 bits per heavy atom. The minimum atomic E-state index is -3.09. The van der Waals surface area contributed by atoms with E-state index < -0.39 is 9.84 Å². The number of fused-ring (bicyclic) bond motifs is 1. The lowest BCUT2D eigenvalue weighted by Gasteiger charge is -2.43. The van der Waals surface area contributed by atoms with Gasteiger partial charge in [-0.05, 0) is 55.9 Å². The van der Waals surface area contributed by atoms with Crippen molar-refractivity contribution in [3.63, 3.8) is 0 Å². The van der Waals surface area contributed by atoms with Crippen molar-refractivity contribution in [1.29, 1.82) is 0 Å². The van der Waals surface area contributed by atoms with Crippen LogP contribution in [0.25, 0.3) is 0 Å². The molecule has 122 valence electrons. The van der Waals surface area contributed by atoms with Gasteiger partial charge < -0.3 is 4.74 Å². The van der Waals surface area contributed by atoms with E-state index in [-0.39, 0.29) is 29.1 Å².